The van der Waals surface area contributed by atoms with Crippen molar-refractivity contribution in [1.29, 1.82) is 0 Å². The van der Waals surface area contributed by atoms with Gasteiger partial charge in [0.2, 0.25) is 10.0 Å². The number of benzene rings is 1. The van der Waals surface area contributed by atoms with Crippen LogP contribution in [-0.2, 0) is 16.6 Å². The monoisotopic (exact) mass is 378 g/mol. The molecule has 0 spiro atoms. The minimum atomic E-state index is -3.54. The highest BCUT2D eigenvalue weighted by Crippen LogP contribution is 2.36. The highest BCUT2D eigenvalue weighted by atomic mass is 32.2. The number of sulfonamides is 1. The Labute approximate surface area is 150 Å². The quantitative estimate of drug-likeness (QED) is 0.721. The van der Waals surface area contributed by atoms with Crippen LogP contribution in [0, 0.1) is 20.8 Å². The molecule has 2 heterocycles. The molecule has 0 fully saturated rings. The van der Waals surface area contributed by atoms with Gasteiger partial charge in [-0.15, -0.1) is 22.7 Å². The molecule has 0 radical (unpaired) electrons. The molecule has 0 atom stereocenters. The summed E-state index contributed by atoms with van der Waals surface area (Å²) in [5.74, 6) is 0. The molecule has 2 aromatic heterocycles. The van der Waals surface area contributed by atoms with Crippen LogP contribution in [0.5, 0.6) is 0 Å². The van der Waals surface area contributed by atoms with Gasteiger partial charge in [-0.2, -0.15) is 0 Å². The van der Waals surface area contributed by atoms with Crippen molar-refractivity contribution in [2.24, 2.45) is 0 Å². The summed E-state index contributed by atoms with van der Waals surface area (Å²) < 4.78 is 27.9. The molecule has 1 aromatic carbocycles. The van der Waals surface area contributed by atoms with Crippen molar-refractivity contribution in [1.82, 2.24) is 9.71 Å². The van der Waals surface area contributed by atoms with E-state index in [1.165, 1.54) is 11.3 Å². The van der Waals surface area contributed by atoms with Crippen molar-refractivity contribution in [3.05, 3.63) is 57.4 Å². The van der Waals surface area contributed by atoms with Crippen LogP contribution in [0.25, 0.3) is 9.88 Å². The van der Waals surface area contributed by atoms with Crippen LogP contribution >= 0.6 is 22.7 Å². The Morgan fingerprint density at radius 2 is 1.75 bits per heavy atom. The second kappa shape index (κ2) is 6.76. The lowest BCUT2D eigenvalue weighted by atomic mass is 10.2. The third-order valence-corrected chi connectivity index (χ3v) is 7.66. The molecule has 0 bridgehead atoms. The molecule has 7 heteroatoms. The zero-order chi connectivity index (χ0) is 17.3. The maximum absolute atomic E-state index is 12.6. The number of nitrogens with zero attached hydrogens (tertiary/aromatic N) is 1. The van der Waals surface area contributed by atoms with E-state index in [4.69, 9.17) is 0 Å². The second-order valence-electron chi connectivity index (χ2n) is 5.50. The summed E-state index contributed by atoms with van der Waals surface area (Å²) in [6.07, 6.45) is 0. The van der Waals surface area contributed by atoms with Gasteiger partial charge >= 0.3 is 0 Å². The molecule has 24 heavy (non-hydrogen) atoms. The van der Waals surface area contributed by atoms with Gasteiger partial charge in [-0.3, -0.25) is 0 Å². The molecule has 0 aliphatic carbocycles. The molecule has 0 unspecified atom stereocenters. The average Bonchev–Trinajstić information content (AvgIpc) is 3.10. The van der Waals surface area contributed by atoms with Crippen LogP contribution in [0.4, 0.5) is 0 Å². The van der Waals surface area contributed by atoms with Crippen molar-refractivity contribution in [2.45, 2.75) is 32.2 Å². The third kappa shape index (κ3) is 3.59. The fraction of sp³-hybridized carbons (Fsp3) is 0.235. The summed E-state index contributed by atoms with van der Waals surface area (Å²) in [6.45, 7) is 6.10. The largest absolute Gasteiger partial charge is 0.241 e. The standard InChI is InChI=1S/C17H18N2O2S3/c1-11-12(2)23-17(19-11)15-9-16(13(3)22-15)24(20,21)18-10-14-7-5-4-6-8-14/h4-9,18H,10H2,1-3H3. The number of aryl methyl sites for hydroxylation is 3. The number of nitrogens with one attached hydrogen (secondary N) is 1. The first-order valence-electron chi connectivity index (χ1n) is 7.45. The van der Waals surface area contributed by atoms with E-state index in [1.54, 1.807) is 17.4 Å². The molecular weight excluding hydrogens is 360 g/mol. The summed E-state index contributed by atoms with van der Waals surface area (Å²) in [7, 11) is -3.54. The summed E-state index contributed by atoms with van der Waals surface area (Å²) in [4.78, 5) is 7.69. The summed E-state index contributed by atoms with van der Waals surface area (Å²) in [5, 5.41) is 0.877. The van der Waals surface area contributed by atoms with E-state index in [2.05, 4.69) is 9.71 Å². The van der Waals surface area contributed by atoms with Gasteiger partial charge in [-0.1, -0.05) is 30.3 Å². The number of thiophene rings is 1. The lowest BCUT2D eigenvalue weighted by molar-refractivity contribution is 0.581. The number of thiazole rings is 1. The van der Waals surface area contributed by atoms with Crippen molar-refractivity contribution < 1.29 is 8.42 Å². The van der Waals surface area contributed by atoms with Crippen molar-refractivity contribution in [3.63, 3.8) is 0 Å². The smallest absolute Gasteiger partial charge is 0.240 e. The van der Waals surface area contributed by atoms with Gasteiger partial charge in [-0.25, -0.2) is 18.1 Å². The Morgan fingerprint density at radius 1 is 1.04 bits per heavy atom. The fourth-order valence-electron chi connectivity index (χ4n) is 2.27. The summed E-state index contributed by atoms with van der Waals surface area (Å²) in [5.41, 5.74) is 1.92. The van der Waals surface area contributed by atoms with Gasteiger partial charge in [0, 0.05) is 16.3 Å². The van der Waals surface area contributed by atoms with Crippen LogP contribution in [0.1, 0.15) is 21.0 Å². The first-order chi connectivity index (χ1) is 11.4. The minimum absolute atomic E-state index is 0.281. The third-order valence-electron chi connectivity index (χ3n) is 3.71. The Kier molecular flexibility index (Phi) is 4.87. The van der Waals surface area contributed by atoms with Crippen LogP contribution in [0.15, 0.2) is 41.3 Å². The molecule has 3 rings (SSSR count). The lowest BCUT2D eigenvalue weighted by Crippen LogP contribution is -2.23. The van der Waals surface area contributed by atoms with Gasteiger partial charge in [-0.05, 0) is 32.4 Å². The molecular formula is C17H18N2O2S3. The summed E-state index contributed by atoms with van der Waals surface area (Å²) in [6, 6.07) is 11.2. The molecule has 0 saturated heterocycles. The van der Waals surface area contributed by atoms with E-state index in [9.17, 15) is 8.42 Å². The van der Waals surface area contributed by atoms with Crippen LogP contribution < -0.4 is 4.72 Å². The highest BCUT2D eigenvalue weighted by Gasteiger charge is 2.21. The lowest BCUT2D eigenvalue weighted by Gasteiger charge is -2.06. The Balaban J connectivity index is 1.85. The zero-order valence-corrected chi connectivity index (χ0v) is 16.1. The van der Waals surface area contributed by atoms with Crippen molar-refractivity contribution in [2.75, 3.05) is 0 Å². The first kappa shape index (κ1) is 17.3. The Morgan fingerprint density at radius 3 is 2.38 bits per heavy atom. The minimum Gasteiger partial charge on any atom is -0.240 e. The normalized spacial score (nSPS) is 11.8. The Bertz CT molecular complexity index is 938. The maximum Gasteiger partial charge on any atom is 0.241 e. The molecule has 0 saturated carbocycles. The van der Waals surface area contributed by atoms with E-state index < -0.39 is 10.0 Å². The molecule has 0 aliphatic rings. The van der Waals surface area contributed by atoms with E-state index in [1.807, 2.05) is 51.1 Å². The molecule has 126 valence electrons. The zero-order valence-electron chi connectivity index (χ0n) is 13.7. The number of hydrogen-bond donors (Lipinski definition) is 1. The second-order valence-corrected chi connectivity index (χ2v) is 9.70. The molecule has 4 nitrogen and oxygen atoms in total. The van der Waals surface area contributed by atoms with Crippen molar-refractivity contribution in [3.8, 4) is 9.88 Å². The van der Waals surface area contributed by atoms with E-state index in [-0.39, 0.29) is 6.54 Å². The maximum atomic E-state index is 12.6. The SMILES string of the molecule is Cc1nc(-c2cc(S(=O)(=O)NCc3ccccc3)c(C)s2)sc1C. The van der Waals surface area contributed by atoms with Crippen LogP contribution in [0.3, 0.4) is 0 Å². The van der Waals surface area contributed by atoms with E-state index in [0.29, 0.717) is 4.90 Å². The Hall–Kier alpha value is -1.54. The van der Waals surface area contributed by atoms with E-state index >= 15 is 0 Å². The van der Waals surface area contributed by atoms with Gasteiger partial charge in [0.1, 0.15) is 5.01 Å². The van der Waals surface area contributed by atoms with Crippen LogP contribution in [0.2, 0.25) is 0 Å². The molecule has 1 N–H and O–H groups in total. The van der Waals surface area contributed by atoms with Crippen LogP contribution in [-0.4, -0.2) is 13.4 Å². The molecule has 3 aromatic rings. The van der Waals surface area contributed by atoms with Gasteiger partial charge in [0.25, 0.3) is 0 Å². The molecule has 0 aliphatic heterocycles. The predicted molar refractivity (Wildman–Crippen MR) is 100 cm³/mol. The fourth-order valence-corrected chi connectivity index (χ4v) is 5.83. The van der Waals surface area contributed by atoms with Crippen molar-refractivity contribution >= 4 is 32.7 Å². The number of rotatable bonds is 5. The first-order valence-corrected chi connectivity index (χ1v) is 10.6. The van der Waals surface area contributed by atoms with Gasteiger partial charge in [0.15, 0.2) is 0 Å². The summed E-state index contributed by atoms with van der Waals surface area (Å²) >= 11 is 3.06. The topological polar surface area (TPSA) is 59.1 Å². The number of aromatic nitrogens is 1. The molecule has 0 amide bonds. The predicted octanol–water partition coefficient (Wildman–Crippen LogP) is 4.28. The van der Waals surface area contributed by atoms with Gasteiger partial charge in [0.05, 0.1) is 15.5 Å². The number of hydrogen-bond acceptors (Lipinski definition) is 5. The highest BCUT2D eigenvalue weighted by molar-refractivity contribution is 7.89. The van der Waals surface area contributed by atoms with Gasteiger partial charge < -0.3 is 0 Å². The average molecular weight is 379 g/mol. The van der Waals surface area contributed by atoms with E-state index in [0.717, 1.165) is 30.9 Å².